The highest BCUT2D eigenvalue weighted by Crippen LogP contribution is 2.40. The summed E-state index contributed by atoms with van der Waals surface area (Å²) in [4.78, 5) is 11.5. The molecule has 0 aromatic heterocycles. The van der Waals surface area contributed by atoms with Crippen molar-refractivity contribution in [3.63, 3.8) is 0 Å². The number of rotatable bonds is 4. The molecule has 3 nitrogen and oxygen atoms in total. The first-order chi connectivity index (χ1) is 10.4. The third-order valence-corrected chi connectivity index (χ3v) is 3.74. The summed E-state index contributed by atoms with van der Waals surface area (Å²) in [5.41, 5.74) is 0.842. The predicted molar refractivity (Wildman–Crippen MR) is 74.4 cm³/mol. The molecular formula is C16H19F3O3. The maximum atomic E-state index is 13.0. The van der Waals surface area contributed by atoms with Crippen LogP contribution in [0.5, 0.6) is 0 Å². The van der Waals surface area contributed by atoms with E-state index in [4.69, 9.17) is 9.47 Å². The predicted octanol–water partition coefficient (Wildman–Crippen LogP) is 3.83. The lowest BCUT2D eigenvalue weighted by molar-refractivity contribution is -0.248. The zero-order valence-corrected chi connectivity index (χ0v) is 12.3. The Morgan fingerprint density at radius 2 is 1.95 bits per heavy atom. The normalized spacial score (nSPS) is 25.7. The zero-order chi connectivity index (χ0) is 16.2. The van der Waals surface area contributed by atoms with Gasteiger partial charge in [-0.25, -0.2) is 0 Å². The van der Waals surface area contributed by atoms with Crippen molar-refractivity contribution in [2.24, 2.45) is 0 Å². The molecule has 1 aliphatic heterocycles. The molecule has 1 aliphatic rings. The maximum Gasteiger partial charge on any atom is 0.414 e. The molecular weight excluding hydrogens is 297 g/mol. The van der Waals surface area contributed by atoms with Gasteiger partial charge in [-0.2, -0.15) is 13.2 Å². The van der Waals surface area contributed by atoms with Crippen molar-refractivity contribution in [3.8, 4) is 0 Å². The molecule has 1 aromatic rings. The van der Waals surface area contributed by atoms with Gasteiger partial charge in [0.1, 0.15) is 0 Å². The first-order valence-electron chi connectivity index (χ1n) is 7.33. The van der Waals surface area contributed by atoms with Crippen LogP contribution in [0.25, 0.3) is 0 Å². The molecule has 0 saturated carbocycles. The van der Waals surface area contributed by atoms with Gasteiger partial charge in [-0.3, -0.25) is 4.79 Å². The third-order valence-electron chi connectivity index (χ3n) is 3.74. The highest BCUT2D eigenvalue weighted by molar-refractivity contribution is 5.70. The van der Waals surface area contributed by atoms with E-state index in [9.17, 15) is 18.0 Å². The summed E-state index contributed by atoms with van der Waals surface area (Å²) in [5.74, 6) is -0.803. The van der Waals surface area contributed by atoms with Gasteiger partial charge in [0.2, 0.25) is 0 Å². The molecule has 1 saturated heterocycles. The topological polar surface area (TPSA) is 35.5 Å². The minimum Gasteiger partial charge on any atom is -0.466 e. The number of alkyl halides is 3. The molecule has 6 heteroatoms. The fourth-order valence-electron chi connectivity index (χ4n) is 2.76. The highest BCUT2D eigenvalue weighted by atomic mass is 19.4. The van der Waals surface area contributed by atoms with Crippen LogP contribution in [-0.4, -0.2) is 31.0 Å². The first-order valence-corrected chi connectivity index (χ1v) is 7.33. The van der Waals surface area contributed by atoms with Crippen molar-refractivity contribution in [2.45, 2.75) is 50.5 Å². The van der Waals surface area contributed by atoms with Crippen molar-refractivity contribution in [3.05, 3.63) is 35.9 Å². The van der Waals surface area contributed by atoms with Gasteiger partial charge in [0.25, 0.3) is 0 Å². The van der Waals surface area contributed by atoms with Crippen LogP contribution in [0.3, 0.4) is 0 Å². The van der Waals surface area contributed by atoms with E-state index in [2.05, 4.69) is 0 Å². The molecule has 22 heavy (non-hydrogen) atoms. The molecule has 2 rings (SSSR count). The molecule has 3 atom stereocenters. The van der Waals surface area contributed by atoms with E-state index in [-0.39, 0.29) is 25.4 Å². The van der Waals surface area contributed by atoms with Crippen LogP contribution in [-0.2, 0) is 14.3 Å². The van der Waals surface area contributed by atoms with E-state index >= 15 is 0 Å². The Morgan fingerprint density at radius 1 is 1.27 bits per heavy atom. The zero-order valence-electron chi connectivity index (χ0n) is 12.3. The van der Waals surface area contributed by atoms with Gasteiger partial charge >= 0.3 is 12.1 Å². The molecule has 1 heterocycles. The average Bonchev–Trinajstić information content (AvgIpc) is 2.47. The molecule has 0 N–H and O–H groups in total. The maximum absolute atomic E-state index is 13.0. The third kappa shape index (κ3) is 4.47. The molecule has 0 bridgehead atoms. The molecule has 122 valence electrons. The minimum absolute atomic E-state index is 0.118. The number of halogens is 3. The second kappa shape index (κ2) is 7.13. The second-order valence-electron chi connectivity index (χ2n) is 5.38. The Morgan fingerprint density at radius 3 is 2.55 bits per heavy atom. The molecule has 1 aromatic carbocycles. The van der Waals surface area contributed by atoms with Gasteiger partial charge in [0.15, 0.2) is 6.10 Å². The van der Waals surface area contributed by atoms with Gasteiger partial charge in [0, 0.05) is 0 Å². The van der Waals surface area contributed by atoms with Crippen molar-refractivity contribution >= 4 is 5.97 Å². The van der Waals surface area contributed by atoms with E-state index in [1.165, 1.54) is 0 Å². The summed E-state index contributed by atoms with van der Waals surface area (Å²) in [6.07, 6.45) is -6.93. The van der Waals surface area contributed by atoms with Crippen molar-refractivity contribution in [2.75, 3.05) is 6.61 Å². The number of carbonyl (C=O) groups excluding carboxylic acids is 1. The number of ether oxygens (including phenoxy) is 2. The summed E-state index contributed by atoms with van der Waals surface area (Å²) in [5, 5.41) is 0. The Hall–Kier alpha value is -1.56. The summed E-state index contributed by atoms with van der Waals surface area (Å²) in [6.45, 7) is 1.86. The number of hydrogen-bond donors (Lipinski definition) is 0. The van der Waals surface area contributed by atoms with Crippen LogP contribution < -0.4 is 0 Å². The first kappa shape index (κ1) is 16.8. The Labute approximate surface area is 127 Å². The van der Waals surface area contributed by atoms with E-state index in [1.807, 2.05) is 18.2 Å². The van der Waals surface area contributed by atoms with E-state index in [0.717, 1.165) is 5.56 Å². The van der Waals surface area contributed by atoms with E-state index < -0.39 is 24.4 Å². The molecule has 0 radical (unpaired) electrons. The van der Waals surface area contributed by atoms with E-state index in [1.54, 1.807) is 19.1 Å². The summed E-state index contributed by atoms with van der Waals surface area (Å²) in [6, 6.07) is 9.04. The van der Waals surface area contributed by atoms with Crippen molar-refractivity contribution in [1.29, 1.82) is 0 Å². The SMILES string of the molecule is CCOC(=O)C[C@@H]1C[C@H](c2ccccc2)C[C@H](C(F)(F)F)O1. The lowest BCUT2D eigenvalue weighted by Gasteiger charge is -2.36. The van der Waals surface area contributed by atoms with E-state index in [0.29, 0.717) is 6.42 Å². The Bertz CT molecular complexity index is 487. The molecule has 0 aliphatic carbocycles. The molecule has 0 spiro atoms. The number of benzene rings is 1. The highest BCUT2D eigenvalue weighted by Gasteiger charge is 2.46. The molecule has 0 amide bonds. The summed E-state index contributed by atoms with van der Waals surface area (Å²) >= 11 is 0. The average molecular weight is 316 g/mol. The summed E-state index contributed by atoms with van der Waals surface area (Å²) < 4.78 is 49.0. The van der Waals surface area contributed by atoms with Crippen molar-refractivity contribution in [1.82, 2.24) is 0 Å². The van der Waals surface area contributed by atoms with Crippen LogP contribution in [0, 0.1) is 0 Å². The fourth-order valence-corrected chi connectivity index (χ4v) is 2.76. The quantitative estimate of drug-likeness (QED) is 0.792. The summed E-state index contributed by atoms with van der Waals surface area (Å²) in [7, 11) is 0. The van der Waals surface area contributed by atoms with Crippen LogP contribution in [0.1, 0.15) is 37.7 Å². The number of hydrogen-bond acceptors (Lipinski definition) is 3. The fraction of sp³-hybridized carbons (Fsp3) is 0.562. The van der Waals surface area contributed by atoms with Crippen LogP contribution in [0.4, 0.5) is 13.2 Å². The largest absolute Gasteiger partial charge is 0.466 e. The van der Waals surface area contributed by atoms with Crippen LogP contribution >= 0.6 is 0 Å². The Kier molecular flexibility index (Phi) is 5.45. The van der Waals surface area contributed by atoms with Gasteiger partial charge in [-0.15, -0.1) is 0 Å². The lowest BCUT2D eigenvalue weighted by Crippen LogP contribution is -2.42. The minimum atomic E-state index is -4.43. The monoisotopic (exact) mass is 316 g/mol. The molecule has 1 fully saturated rings. The van der Waals surface area contributed by atoms with Gasteiger partial charge in [0.05, 0.1) is 19.1 Å². The standard InChI is InChI=1S/C16H19F3O3/c1-2-21-15(20)10-13-8-12(11-6-4-3-5-7-11)9-14(22-13)16(17,18)19/h3-7,12-14H,2,8-10H2,1H3/t12-,13-,14+/m0/s1. The lowest BCUT2D eigenvalue weighted by atomic mass is 9.85. The van der Waals surface area contributed by atoms with Crippen LogP contribution in [0.2, 0.25) is 0 Å². The Balaban J connectivity index is 2.12. The number of esters is 1. The van der Waals surface area contributed by atoms with Gasteiger partial charge < -0.3 is 9.47 Å². The molecule has 0 unspecified atom stereocenters. The van der Waals surface area contributed by atoms with Crippen molar-refractivity contribution < 1.29 is 27.4 Å². The smallest absolute Gasteiger partial charge is 0.414 e. The van der Waals surface area contributed by atoms with Gasteiger partial charge in [-0.05, 0) is 31.2 Å². The second-order valence-corrected chi connectivity index (χ2v) is 5.38. The number of carbonyl (C=O) groups is 1. The van der Waals surface area contributed by atoms with Gasteiger partial charge in [-0.1, -0.05) is 30.3 Å². The van der Waals surface area contributed by atoms with Crippen LogP contribution in [0.15, 0.2) is 30.3 Å².